The van der Waals surface area contributed by atoms with Crippen LogP contribution in [0.2, 0.25) is 10.0 Å². The molecule has 0 heterocycles. The highest BCUT2D eigenvalue weighted by Crippen LogP contribution is 2.37. The summed E-state index contributed by atoms with van der Waals surface area (Å²) in [6.45, 7) is 0. The summed E-state index contributed by atoms with van der Waals surface area (Å²) in [4.78, 5) is 0. The van der Waals surface area contributed by atoms with Crippen LogP contribution in [0.1, 0.15) is 30.7 Å². The van der Waals surface area contributed by atoms with E-state index in [-0.39, 0.29) is 12.1 Å². The van der Waals surface area contributed by atoms with Crippen LogP contribution < -0.4 is 5.73 Å². The molecule has 1 aliphatic carbocycles. The molecule has 88 valence electrons. The first-order valence-electron chi connectivity index (χ1n) is 5.46. The second kappa shape index (κ2) is 4.92. The van der Waals surface area contributed by atoms with Crippen LogP contribution in [0.25, 0.3) is 0 Å². The Morgan fingerprint density at radius 1 is 1.25 bits per heavy atom. The van der Waals surface area contributed by atoms with Crippen molar-refractivity contribution in [1.29, 1.82) is 0 Å². The molecule has 0 saturated heterocycles. The smallest absolute Gasteiger partial charge is 0.0691 e. The molecule has 0 aromatic heterocycles. The second-order valence-corrected chi connectivity index (χ2v) is 5.25. The normalized spacial score (nSPS) is 30.4. The molecule has 1 fully saturated rings. The third-order valence-corrected chi connectivity index (χ3v) is 3.84. The van der Waals surface area contributed by atoms with Gasteiger partial charge in [-0.2, -0.15) is 0 Å². The maximum atomic E-state index is 9.58. The summed E-state index contributed by atoms with van der Waals surface area (Å²) in [6.07, 6.45) is 2.03. The van der Waals surface area contributed by atoms with E-state index >= 15 is 0 Å². The van der Waals surface area contributed by atoms with E-state index < -0.39 is 0 Å². The van der Waals surface area contributed by atoms with Gasteiger partial charge in [0.25, 0.3) is 0 Å². The fourth-order valence-electron chi connectivity index (χ4n) is 2.30. The van der Waals surface area contributed by atoms with Crippen molar-refractivity contribution in [3.63, 3.8) is 0 Å². The first-order valence-corrected chi connectivity index (χ1v) is 6.22. The molecule has 1 aromatic carbocycles. The Morgan fingerprint density at radius 3 is 2.69 bits per heavy atom. The van der Waals surface area contributed by atoms with E-state index in [1.807, 2.05) is 12.1 Å². The maximum absolute atomic E-state index is 9.58. The molecule has 0 aliphatic heterocycles. The predicted molar refractivity (Wildman–Crippen MR) is 67.0 cm³/mol. The van der Waals surface area contributed by atoms with Gasteiger partial charge in [-0.3, -0.25) is 0 Å². The van der Waals surface area contributed by atoms with Crippen LogP contribution in [0, 0.1) is 0 Å². The highest BCUT2D eigenvalue weighted by molar-refractivity contribution is 6.33. The summed E-state index contributed by atoms with van der Waals surface area (Å²) in [6, 6.07) is 5.34. The van der Waals surface area contributed by atoms with Crippen LogP contribution in [0.4, 0.5) is 0 Å². The first kappa shape index (κ1) is 12.2. The number of halogens is 2. The Bertz CT molecular complexity index is 383. The van der Waals surface area contributed by atoms with E-state index in [0.29, 0.717) is 10.9 Å². The molecule has 0 spiro atoms. The van der Waals surface area contributed by atoms with Gasteiger partial charge in [0.15, 0.2) is 0 Å². The SMILES string of the molecule is N[C@H]1C[C@@H](c2cc(Cl)ccc2Cl)CC[C@@H]1O. The Kier molecular flexibility index (Phi) is 3.75. The summed E-state index contributed by atoms with van der Waals surface area (Å²) < 4.78 is 0. The molecule has 1 aromatic rings. The van der Waals surface area contributed by atoms with Gasteiger partial charge in [-0.25, -0.2) is 0 Å². The van der Waals surface area contributed by atoms with Crippen molar-refractivity contribution in [3.8, 4) is 0 Å². The molecule has 2 nitrogen and oxygen atoms in total. The van der Waals surface area contributed by atoms with Crippen LogP contribution in [0.5, 0.6) is 0 Å². The Balaban J connectivity index is 2.21. The van der Waals surface area contributed by atoms with Gasteiger partial charge in [-0.15, -0.1) is 0 Å². The molecule has 3 N–H and O–H groups in total. The number of nitrogens with two attached hydrogens (primary N) is 1. The van der Waals surface area contributed by atoms with Gasteiger partial charge in [0.05, 0.1) is 6.10 Å². The number of aliphatic hydroxyl groups excluding tert-OH is 1. The number of benzene rings is 1. The molecule has 3 atom stereocenters. The van der Waals surface area contributed by atoms with E-state index in [0.717, 1.165) is 29.8 Å². The Hall–Kier alpha value is -0.280. The molecular weight excluding hydrogens is 245 g/mol. The highest BCUT2D eigenvalue weighted by atomic mass is 35.5. The van der Waals surface area contributed by atoms with Gasteiger partial charge < -0.3 is 10.8 Å². The van der Waals surface area contributed by atoms with Gasteiger partial charge in [-0.05, 0) is 48.9 Å². The molecule has 0 radical (unpaired) electrons. The number of rotatable bonds is 1. The molecular formula is C12H15Cl2NO. The van der Waals surface area contributed by atoms with Crippen LogP contribution in [-0.4, -0.2) is 17.3 Å². The van der Waals surface area contributed by atoms with E-state index in [1.54, 1.807) is 6.07 Å². The van der Waals surface area contributed by atoms with Crippen molar-refractivity contribution in [2.24, 2.45) is 5.73 Å². The second-order valence-electron chi connectivity index (χ2n) is 4.41. The predicted octanol–water partition coefficient (Wildman–Crippen LogP) is 2.95. The van der Waals surface area contributed by atoms with Gasteiger partial charge in [0.1, 0.15) is 0 Å². The fourth-order valence-corrected chi connectivity index (χ4v) is 2.75. The lowest BCUT2D eigenvalue weighted by atomic mass is 9.80. The summed E-state index contributed by atoms with van der Waals surface area (Å²) >= 11 is 12.1. The Labute approximate surface area is 105 Å². The zero-order chi connectivity index (χ0) is 11.7. The van der Waals surface area contributed by atoms with E-state index in [9.17, 15) is 5.11 Å². The minimum Gasteiger partial charge on any atom is -0.392 e. The standard InChI is InChI=1S/C12H15Cl2NO/c13-8-2-3-10(14)9(6-8)7-1-4-12(16)11(15)5-7/h2-3,6-7,11-12,16H,1,4-5,15H2/t7-,11-,12-/m0/s1. The lowest BCUT2D eigenvalue weighted by Crippen LogP contribution is -2.39. The van der Waals surface area contributed by atoms with Crippen LogP contribution in [0.15, 0.2) is 18.2 Å². The summed E-state index contributed by atoms with van der Waals surface area (Å²) in [5.41, 5.74) is 6.92. The fraction of sp³-hybridized carbons (Fsp3) is 0.500. The van der Waals surface area contributed by atoms with Crippen LogP contribution >= 0.6 is 23.2 Å². The zero-order valence-electron chi connectivity index (χ0n) is 8.87. The molecule has 0 unspecified atom stereocenters. The van der Waals surface area contributed by atoms with E-state index in [2.05, 4.69) is 0 Å². The number of hydrogen-bond donors (Lipinski definition) is 2. The molecule has 1 saturated carbocycles. The van der Waals surface area contributed by atoms with Gasteiger partial charge in [0.2, 0.25) is 0 Å². The quantitative estimate of drug-likeness (QED) is 0.815. The number of hydrogen-bond acceptors (Lipinski definition) is 2. The van der Waals surface area contributed by atoms with Gasteiger partial charge in [-0.1, -0.05) is 23.2 Å². The van der Waals surface area contributed by atoms with Crippen molar-refractivity contribution in [2.45, 2.75) is 37.3 Å². The molecule has 2 rings (SSSR count). The van der Waals surface area contributed by atoms with Crippen molar-refractivity contribution < 1.29 is 5.11 Å². The lowest BCUT2D eigenvalue weighted by molar-refractivity contribution is 0.100. The van der Waals surface area contributed by atoms with Crippen molar-refractivity contribution in [2.75, 3.05) is 0 Å². The van der Waals surface area contributed by atoms with Crippen LogP contribution in [0.3, 0.4) is 0 Å². The summed E-state index contributed by atoms with van der Waals surface area (Å²) in [7, 11) is 0. The average molecular weight is 260 g/mol. The monoisotopic (exact) mass is 259 g/mol. The van der Waals surface area contributed by atoms with Gasteiger partial charge >= 0.3 is 0 Å². The third-order valence-electron chi connectivity index (χ3n) is 3.26. The highest BCUT2D eigenvalue weighted by Gasteiger charge is 2.28. The van der Waals surface area contributed by atoms with E-state index in [4.69, 9.17) is 28.9 Å². The molecule has 4 heteroatoms. The first-order chi connectivity index (χ1) is 7.58. The minimum absolute atomic E-state index is 0.159. The summed E-state index contributed by atoms with van der Waals surface area (Å²) in [5.74, 6) is 0.310. The van der Waals surface area contributed by atoms with E-state index in [1.165, 1.54) is 0 Å². The van der Waals surface area contributed by atoms with Gasteiger partial charge in [0, 0.05) is 16.1 Å². The molecule has 0 amide bonds. The third kappa shape index (κ3) is 2.51. The summed E-state index contributed by atoms with van der Waals surface area (Å²) in [5, 5.41) is 11.0. The number of aliphatic hydroxyl groups is 1. The molecule has 16 heavy (non-hydrogen) atoms. The topological polar surface area (TPSA) is 46.2 Å². The average Bonchev–Trinajstić information content (AvgIpc) is 2.26. The van der Waals surface area contributed by atoms with Crippen LogP contribution in [-0.2, 0) is 0 Å². The zero-order valence-corrected chi connectivity index (χ0v) is 10.4. The maximum Gasteiger partial charge on any atom is 0.0691 e. The Morgan fingerprint density at radius 2 is 2.00 bits per heavy atom. The molecule has 1 aliphatic rings. The van der Waals surface area contributed by atoms with Crippen molar-refractivity contribution >= 4 is 23.2 Å². The lowest BCUT2D eigenvalue weighted by Gasteiger charge is -2.31. The molecule has 0 bridgehead atoms. The minimum atomic E-state index is -0.380. The van der Waals surface area contributed by atoms with Crippen molar-refractivity contribution in [3.05, 3.63) is 33.8 Å². The largest absolute Gasteiger partial charge is 0.392 e. The van der Waals surface area contributed by atoms with Crippen molar-refractivity contribution in [1.82, 2.24) is 0 Å².